The Balaban J connectivity index is 2.78. The van der Waals surface area contributed by atoms with Gasteiger partial charge in [-0.05, 0) is 25.5 Å². The average molecular weight is 163 g/mol. The molecule has 1 aromatic rings. The Morgan fingerprint density at radius 3 is 2.75 bits per heavy atom. The normalized spacial score (nSPS) is 9.50. The highest BCUT2D eigenvalue weighted by atomic mass is 16.1. The lowest BCUT2D eigenvalue weighted by Gasteiger charge is -2.06. The van der Waals surface area contributed by atoms with Gasteiger partial charge in [0.05, 0.1) is 6.54 Å². The van der Waals surface area contributed by atoms with Crippen LogP contribution in [0.15, 0.2) is 18.2 Å². The van der Waals surface area contributed by atoms with Crippen LogP contribution < -0.4 is 5.32 Å². The lowest BCUT2D eigenvalue weighted by Crippen LogP contribution is -2.03. The highest BCUT2D eigenvalue weighted by Crippen LogP contribution is 2.14. The minimum Gasteiger partial charge on any atom is -0.378 e. The quantitative estimate of drug-likeness (QED) is 0.690. The van der Waals surface area contributed by atoms with Gasteiger partial charge in [0, 0.05) is 5.69 Å². The zero-order valence-corrected chi connectivity index (χ0v) is 7.42. The zero-order valence-electron chi connectivity index (χ0n) is 7.42. The summed E-state index contributed by atoms with van der Waals surface area (Å²) >= 11 is 0. The second kappa shape index (κ2) is 3.90. The van der Waals surface area contributed by atoms with Crippen molar-refractivity contribution in [3.05, 3.63) is 29.3 Å². The number of benzene rings is 1. The Morgan fingerprint density at radius 1 is 1.42 bits per heavy atom. The molecule has 0 atom stereocenters. The van der Waals surface area contributed by atoms with Crippen molar-refractivity contribution in [1.82, 2.24) is 0 Å². The molecule has 12 heavy (non-hydrogen) atoms. The van der Waals surface area contributed by atoms with E-state index in [0.29, 0.717) is 6.54 Å². The molecule has 0 fully saturated rings. The van der Waals surface area contributed by atoms with Crippen LogP contribution in [0, 0.1) is 13.8 Å². The van der Waals surface area contributed by atoms with Crippen molar-refractivity contribution in [3.8, 4) is 0 Å². The SMILES string of the molecule is Cc1ccc(NCC=O)c(C)c1. The van der Waals surface area contributed by atoms with Crippen LogP contribution in [0.1, 0.15) is 11.1 Å². The average Bonchev–Trinajstić information content (AvgIpc) is 2.03. The molecule has 1 aromatic carbocycles. The first-order valence-electron chi connectivity index (χ1n) is 3.99. The Labute approximate surface area is 72.6 Å². The summed E-state index contributed by atoms with van der Waals surface area (Å²) < 4.78 is 0. The predicted molar refractivity (Wildman–Crippen MR) is 50.5 cm³/mol. The molecule has 0 bridgehead atoms. The van der Waals surface area contributed by atoms with Gasteiger partial charge in [0.1, 0.15) is 6.29 Å². The molecule has 0 aliphatic carbocycles. The Kier molecular flexibility index (Phi) is 2.86. The van der Waals surface area contributed by atoms with Crippen LogP contribution in [-0.4, -0.2) is 12.8 Å². The summed E-state index contributed by atoms with van der Waals surface area (Å²) in [6.45, 7) is 4.46. The largest absolute Gasteiger partial charge is 0.378 e. The summed E-state index contributed by atoms with van der Waals surface area (Å²) in [6.07, 6.45) is 0.860. The van der Waals surface area contributed by atoms with Crippen molar-refractivity contribution in [2.45, 2.75) is 13.8 Å². The van der Waals surface area contributed by atoms with E-state index in [1.54, 1.807) is 0 Å². The van der Waals surface area contributed by atoms with Crippen LogP contribution in [-0.2, 0) is 4.79 Å². The summed E-state index contributed by atoms with van der Waals surface area (Å²) in [5.74, 6) is 0. The summed E-state index contributed by atoms with van der Waals surface area (Å²) in [7, 11) is 0. The van der Waals surface area contributed by atoms with E-state index in [2.05, 4.69) is 18.3 Å². The Hall–Kier alpha value is -1.31. The maximum absolute atomic E-state index is 10.1. The second-order valence-corrected chi connectivity index (χ2v) is 2.87. The fourth-order valence-electron chi connectivity index (χ4n) is 1.16. The van der Waals surface area contributed by atoms with Crippen molar-refractivity contribution in [3.63, 3.8) is 0 Å². The van der Waals surface area contributed by atoms with E-state index in [1.165, 1.54) is 11.1 Å². The highest BCUT2D eigenvalue weighted by Gasteiger charge is 1.95. The molecule has 1 N–H and O–H groups in total. The molecule has 0 radical (unpaired) electrons. The van der Waals surface area contributed by atoms with Gasteiger partial charge >= 0.3 is 0 Å². The van der Waals surface area contributed by atoms with Crippen LogP contribution in [0.2, 0.25) is 0 Å². The van der Waals surface area contributed by atoms with E-state index in [1.807, 2.05) is 19.1 Å². The molecule has 0 spiro atoms. The lowest BCUT2D eigenvalue weighted by molar-refractivity contribution is -0.106. The predicted octanol–water partition coefficient (Wildman–Crippen LogP) is 1.91. The van der Waals surface area contributed by atoms with E-state index < -0.39 is 0 Å². The molecule has 0 aliphatic rings. The summed E-state index contributed by atoms with van der Waals surface area (Å²) in [6, 6.07) is 6.11. The van der Waals surface area contributed by atoms with Gasteiger partial charge in [-0.2, -0.15) is 0 Å². The summed E-state index contributed by atoms with van der Waals surface area (Å²) in [5, 5.41) is 3.02. The topological polar surface area (TPSA) is 29.1 Å². The van der Waals surface area contributed by atoms with Crippen molar-refractivity contribution in [1.29, 1.82) is 0 Å². The molecule has 1 rings (SSSR count). The molecule has 0 saturated carbocycles. The molecule has 64 valence electrons. The second-order valence-electron chi connectivity index (χ2n) is 2.87. The van der Waals surface area contributed by atoms with Crippen LogP contribution in [0.4, 0.5) is 5.69 Å². The number of rotatable bonds is 3. The first-order valence-corrected chi connectivity index (χ1v) is 3.99. The number of carbonyl (C=O) groups is 1. The van der Waals surface area contributed by atoms with Crippen LogP contribution in [0.25, 0.3) is 0 Å². The van der Waals surface area contributed by atoms with Gasteiger partial charge in [0.25, 0.3) is 0 Å². The third-order valence-electron chi connectivity index (χ3n) is 1.76. The Morgan fingerprint density at radius 2 is 2.17 bits per heavy atom. The molecule has 0 aliphatic heterocycles. The van der Waals surface area contributed by atoms with E-state index in [-0.39, 0.29) is 0 Å². The van der Waals surface area contributed by atoms with Crippen molar-refractivity contribution in [2.75, 3.05) is 11.9 Å². The fourth-order valence-corrected chi connectivity index (χ4v) is 1.16. The fraction of sp³-hybridized carbons (Fsp3) is 0.300. The number of hydrogen-bond donors (Lipinski definition) is 1. The van der Waals surface area contributed by atoms with Gasteiger partial charge in [0.2, 0.25) is 0 Å². The van der Waals surface area contributed by atoms with Crippen molar-refractivity contribution >= 4 is 12.0 Å². The number of aryl methyl sites for hydroxylation is 2. The molecule has 0 aromatic heterocycles. The van der Waals surface area contributed by atoms with Crippen LogP contribution in [0.3, 0.4) is 0 Å². The lowest BCUT2D eigenvalue weighted by atomic mass is 10.1. The molecule has 2 nitrogen and oxygen atoms in total. The maximum Gasteiger partial charge on any atom is 0.139 e. The third-order valence-corrected chi connectivity index (χ3v) is 1.76. The van der Waals surface area contributed by atoms with E-state index in [4.69, 9.17) is 0 Å². The van der Waals surface area contributed by atoms with Crippen LogP contribution >= 0.6 is 0 Å². The number of carbonyl (C=O) groups excluding carboxylic acids is 1. The molecule has 0 amide bonds. The first-order chi connectivity index (χ1) is 5.74. The number of nitrogens with one attached hydrogen (secondary N) is 1. The van der Waals surface area contributed by atoms with Crippen molar-refractivity contribution in [2.24, 2.45) is 0 Å². The number of hydrogen-bond acceptors (Lipinski definition) is 2. The molecular formula is C10H13NO. The highest BCUT2D eigenvalue weighted by molar-refractivity contribution is 5.61. The van der Waals surface area contributed by atoms with Gasteiger partial charge in [-0.25, -0.2) is 0 Å². The van der Waals surface area contributed by atoms with Gasteiger partial charge in [-0.15, -0.1) is 0 Å². The Bertz CT molecular complexity index is 281. The van der Waals surface area contributed by atoms with E-state index in [0.717, 1.165) is 12.0 Å². The molecule has 2 heteroatoms. The smallest absolute Gasteiger partial charge is 0.139 e. The molecule has 0 unspecified atom stereocenters. The van der Waals surface area contributed by atoms with Gasteiger partial charge in [-0.3, -0.25) is 0 Å². The standard InChI is InChI=1S/C10H13NO/c1-8-3-4-10(9(2)7-8)11-5-6-12/h3-4,6-7,11H,5H2,1-2H3. The first kappa shape index (κ1) is 8.78. The van der Waals surface area contributed by atoms with E-state index >= 15 is 0 Å². The minimum absolute atomic E-state index is 0.379. The van der Waals surface area contributed by atoms with E-state index in [9.17, 15) is 4.79 Å². The number of anilines is 1. The minimum atomic E-state index is 0.379. The summed E-state index contributed by atoms with van der Waals surface area (Å²) in [5.41, 5.74) is 3.45. The van der Waals surface area contributed by atoms with Gasteiger partial charge in [-0.1, -0.05) is 17.7 Å². The van der Waals surface area contributed by atoms with Crippen molar-refractivity contribution < 1.29 is 4.79 Å². The molecular weight excluding hydrogens is 150 g/mol. The number of aldehydes is 1. The molecule has 0 heterocycles. The zero-order chi connectivity index (χ0) is 8.97. The van der Waals surface area contributed by atoms with Crippen LogP contribution in [0.5, 0.6) is 0 Å². The summed E-state index contributed by atoms with van der Waals surface area (Å²) in [4.78, 5) is 10.1. The maximum atomic E-state index is 10.1. The van der Waals surface area contributed by atoms with Gasteiger partial charge in [0.15, 0.2) is 0 Å². The third kappa shape index (κ3) is 2.09. The monoisotopic (exact) mass is 163 g/mol. The molecule has 0 saturated heterocycles. The van der Waals surface area contributed by atoms with Gasteiger partial charge < -0.3 is 10.1 Å².